The quantitative estimate of drug-likeness (QED) is 0.166. The van der Waals surface area contributed by atoms with Crippen molar-refractivity contribution in [3.8, 4) is 0 Å². The Morgan fingerprint density at radius 2 is 1.24 bits per heavy atom. The molecule has 224 valence electrons. The van der Waals surface area contributed by atoms with Crippen molar-refractivity contribution in [3.63, 3.8) is 0 Å². The summed E-state index contributed by atoms with van der Waals surface area (Å²) in [4.78, 5) is 30.9. The van der Waals surface area contributed by atoms with E-state index >= 15 is 0 Å². The van der Waals surface area contributed by atoms with Crippen LogP contribution in [0.2, 0.25) is 0 Å². The Balaban J connectivity index is 1.22. The molecule has 1 aliphatic heterocycles. The zero-order chi connectivity index (χ0) is 29.6. The maximum absolute atomic E-state index is 13.7. The molecule has 0 radical (unpaired) electrons. The molecule has 1 aliphatic rings. The zero-order valence-electron chi connectivity index (χ0n) is 25.7. The maximum atomic E-state index is 13.7. The Bertz CT molecular complexity index is 1260. The number of para-hydroxylation sites is 3. The molecular formula is C37H49N3O2. The number of anilines is 3. The second-order valence-corrected chi connectivity index (χ2v) is 11.6. The summed E-state index contributed by atoms with van der Waals surface area (Å²) in [5.74, 6) is -0.257. The van der Waals surface area contributed by atoms with E-state index in [9.17, 15) is 9.59 Å². The molecule has 42 heavy (non-hydrogen) atoms. The second-order valence-electron chi connectivity index (χ2n) is 11.6. The molecule has 3 aromatic carbocycles. The Morgan fingerprint density at radius 1 is 0.667 bits per heavy atom. The monoisotopic (exact) mass is 567 g/mol. The molecule has 0 unspecified atom stereocenters. The molecule has 0 saturated carbocycles. The lowest BCUT2D eigenvalue weighted by atomic mass is 10.0. The summed E-state index contributed by atoms with van der Waals surface area (Å²) in [6, 6.07) is 23.3. The molecule has 0 aliphatic carbocycles. The average molecular weight is 568 g/mol. The Morgan fingerprint density at radius 3 is 1.95 bits per heavy atom. The van der Waals surface area contributed by atoms with Gasteiger partial charge in [0.2, 0.25) is 5.91 Å². The lowest BCUT2D eigenvalue weighted by Crippen LogP contribution is -2.28. The standard InChI is InChI=1S/C37H49N3O2/c1-3-5-26-39(27-6-4-2)28-16-10-8-7-9-11-17-30-22-24-31(25-23-30)29-36(41)40-34-20-14-12-18-32(34)37(42)38-33-19-13-15-21-35(33)40/h12-15,18-25H,3-11,16-17,26-29H2,1-2H3,(H,38,42). The summed E-state index contributed by atoms with van der Waals surface area (Å²) < 4.78 is 0. The first-order valence-electron chi connectivity index (χ1n) is 16.2. The summed E-state index contributed by atoms with van der Waals surface area (Å²) in [5.41, 5.74) is 4.76. The van der Waals surface area contributed by atoms with Gasteiger partial charge >= 0.3 is 0 Å². The summed E-state index contributed by atoms with van der Waals surface area (Å²) >= 11 is 0. The molecule has 0 aromatic heterocycles. The topological polar surface area (TPSA) is 52.7 Å². The summed E-state index contributed by atoms with van der Waals surface area (Å²) in [6.45, 7) is 8.36. The number of hydrogen-bond donors (Lipinski definition) is 1. The fraction of sp³-hybridized carbons (Fsp3) is 0.459. The lowest BCUT2D eigenvalue weighted by Gasteiger charge is -2.24. The van der Waals surface area contributed by atoms with Crippen molar-refractivity contribution in [3.05, 3.63) is 89.5 Å². The van der Waals surface area contributed by atoms with Gasteiger partial charge in [-0.2, -0.15) is 0 Å². The van der Waals surface area contributed by atoms with Crippen molar-refractivity contribution in [1.82, 2.24) is 4.90 Å². The molecular weight excluding hydrogens is 518 g/mol. The van der Waals surface area contributed by atoms with Crippen molar-refractivity contribution in [2.45, 2.75) is 90.9 Å². The van der Waals surface area contributed by atoms with Gasteiger partial charge < -0.3 is 10.2 Å². The van der Waals surface area contributed by atoms with E-state index in [1.807, 2.05) is 42.5 Å². The van der Waals surface area contributed by atoms with E-state index in [-0.39, 0.29) is 18.2 Å². The minimum atomic E-state index is -0.200. The second kappa shape index (κ2) is 16.9. The zero-order valence-corrected chi connectivity index (χ0v) is 25.7. The molecule has 1 heterocycles. The number of rotatable bonds is 17. The molecule has 1 N–H and O–H groups in total. The van der Waals surface area contributed by atoms with Gasteiger partial charge in [-0.15, -0.1) is 0 Å². The van der Waals surface area contributed by atoms with E-state index in [2.05, 4.69) is 48.3 Å². The van der Waals surface area contributed by atoms with Gasteiger partial charge in [0.15, 0.2) is 0 Å². The molecule has 0 spiro atoms. The van der Waals surface area contributed by atoms with E-state index in [0.717, 1.165) is 12.0 Å². The van der Waals surface area contributed by atoms with E-state index < -0.39 is 0 Å². The number of fused-ring (bicyclic) bond motifs is 2. The predicted octanol–water partition coefficient (Wildman–Crippen LogP) is 8.95. The number of nitrogens with one attached hydrogen (secondary N) is 1. The van der Waals surface area contributed by atoms with Crippen molar-refractivity contribution in [2.24, 2.45) is 0 Å². The lowest BCUT2D eigenvalue weighted by molar-refractivity contribution is -0.117. The average Bonchev–Trinajstić information content (AvgIpc) is 3.13. The van der Waals surface area contributed by atoms with Gasteiger partial charge in [0.05, 0.1) is 29.0 Å². The molecule has 3 aromatic rings. The van der Waals surface area contributed by atoms with E-state index in [0.29, 0.717) is 22.6 Å². The van der Waals surface area contributed by atoms with E-state index in [1.54, 1.807) is 11.0 Å². The normalized spacial score (nSPS) is 12.5. The fourth-order valence-electron chi connectivity index (χ4n) is 5.77. The van der Waals surface area contributed by atoms with Crippen LogP contribution >= 0.6 is 0 Å². The highest BCUT2D eigenvalue weighted by Crippen LogP contribution is 2.38. The van der Waals surface area contributed by atoms with Crippen LogP contribution in [0.3, 0.4) is 0 Å². The smallest absolute Gasteiger partial charge is 0.257 e. The highest BCUT2D eigenvalue weighted by Gasteiger charge is 2.28. The van der Waals surface area contributed by atoms with E-state index in [1.165, 1.54) is 89.4 Å². The fourth-order valence-corrected chi connectivity index (χ4v) is 5.77. The maximum Gasteiger partial charge on any atom is 0.257 e. The number of carbonyl (C=O) groups excluding carboxylic acids is 2. The van der Waals surface area contributed by atoms with Crippen LogP contribution in [-0.4, -0.2) is 36.3 Å². The van der Waals surface area contributed by atoms with Gasteiger partial charge in [-0.1, -0.05) is 101 Å². The van der Waals surface area contributed by atoms with Crippen LogP contribution in [0.25, 0.3) is 0 Å². The third-order valence-electron chi connectivity index (χ3n) is 8.26. The van der Waals surface area contributed by atoms with E-state index in [4.69, 9.17) is 0 Å². The predicted molar refractivity (Wildman–Crippen MR) is 176 cm³/mol. The first-order valence-corrected chi connectivity index (χ1v) is 16.2. The van der Waals surface area contributed by atoms with Crippen LogP contribution in [0.4, 0.5) is 17.1 Å². The van der Waals surface area contributed by atoms with Gasteiger partial charge in [0, 0.05) is 0 Å². The number of aryl methyl sites for hydroxylation is 1. The number of carbonyl (C=O) groups is 2. The number of benzene rings is 3. The molecule has 0 saturated heterocycles. The first kappa shape index (κ1) is 31.5. The van der Waals surface area contributed by atoms with Crippen molar-refractivity contribution < 1.29 is 9.59 Å². The Kier molecular flexibility index (Phi) is 12.6. The first-order chi connectivity index (χ1) is 20.6. The van der Waals surface area contributed by atoms with Crippen LogP contribution < -0.4 is 10.2 Å². The molecule has 2 amide bonds. The Labute approximate surface area is 253 Å². The highest BCUT2D eigenvalue weighted by molar-refractivity contribution is 6.17. The van der Waals surface area contributed by atoms with Gasteiger partial charge in [0.25, 0.3) is 5.91 Å². The summed E-state index contributed by atoms with van der Waals surface area (Å²) in [5, 5.41) is 2.96. The summed E-state index contributed by atoms with van der Waals surface area (Å²) in [7, 11) is 0. The van der Waals surface area contributed by atoms with Crippen LogP contribution in [0.5, 0.6) is 0 Å². The van der Waals surface area contributed by atoms with Gasteiger partial charge in [-0.25, -0.2) is 0 Å². The summed E-state index contributed by atoms with van der Waals surface area (Å²) in [6.07, 6.45) is 14.4. The number of amides is 2. The minimum absolute atomic E-state index is 0.0574. The molecule has 5 heteroatoms. The van der Waals surface area contributed by atoms with Gasteiger partial charge in [0.1, 0.15) is 0 Å². The van der Waals surface area contributed by atoms with Gasteiger partial charge in [-0.3, -0.25) is 14.5 Å². The molecule has 0 atom stereocenters. The van der Waals surface area contributed by atoms with Crippen LogP contribution in [0, 0.1) is 0 Å². The number of unbranched alkanes of at least 4 members (excludes halogenated alkanes) is 7. The number of nitrogens with zero attached hydrogens (tertiary/aromatic N) is 2. The van der Waals surface area contributed by atoms with Crippen molar-refractivity contribution >= 4 is 28.9 Å². The molecule has 4 rings (SSSR count). The van der Waals surface area contributed by atoms with Crippen LogP contribution in [-0.2, 0) is 17.6 Å². The Hall–Kier alpha value is -3.44. The highest BCUT2D eigenvalue weighted by atomic mass is 16.2. The van der Waals surface area contributed by atoms with Crippen molar-refractivity contribution in [2.75, 3.05) is 29.9 Å². The number of hydrogen-bond acceptors (Lipinski definition) is 3. The van der Waals surface area contributed by atoms with Gasteiger partial charge in [-0.05, 0) is 87.1 Å². The third-order valence-corrected chi connectivity index (χ3v) is 8.26. The molecule has 0 bridgehead atoms. The van der Waals surface area contributed by atoms with Crippen LogP contribution in [0.1, 0.15) is 99.5 Å². The van der Waals surface area contributed by atoms with Crippen LogP contribution in [0.15, 0.2) is 72.8 Å². The third kappa shape index (κ3) is 9.03. The van der Waals surface area contributed by atoms with Crippen molar-refractivity contribution in [1.29, 1.82) is 0 Å². The molecule has 0 fully saturated rings. The minimum Gasteiger partial charge on any atom is -0.320 e. The molecule has 5 nitrogen and oxygen atoms in total. The SMILES string of the molecule is CCCCN(CCCC)CCCCCCCCc1ccc(CC(=O)N2c3ccccc3NC(=O)c3ccccc32)cc1. The largest absolute Gasteiger partial charge is 0.320 e.